The summed E-state index contributed by atoms with van der Waals surface area (Å²) in [5, 5.41) is 13.7. The van der Waals surface area contributed by atoms with Crippen molar-refractivity contribution in [3.63, 3.8) is 0 Å². The molecule has 2 nitrogen and oxygen atoms in total. The van der Waals surface area contributed by atoms with Crippen LogP contribution in [0.25, 0.3) is 0 Å². The highest BCUT2D eigenvalue weighted by molar-refractivity contribution is 5.16. The Morgan fingerprint density at radius 1 is 1.21 bits per heavy atom. The first kappa shape index (κ1) is 14.5. The van der Waals surface area contributed by atoms with Crippen molar-refractivity contribution in [2.75, 3.05) is 6.54 Å². The van der Waals surface area contributed by atoms with Gasteiger partial charge in [0.1, 0.15) is 5.82 Å². The third-order valence-electron chi connectivity index (χ3n) is 4.21. The smallest absolute Gasteiger partial charge is 0.123 e. The van der Waals surface area contributed by atoms with E-state index in [1.165, 1.54) is 12.1 Å². The number of nitrogens with one attached hydrogen (secondary N) is 1. The molecule has 0 bridgehead atoms. The maximum atomic E-state index is 13.0. The zero-order chi connectivity index (χ0) is 13.9. The standard InChI is InChI=1S/C16H24FNO/c1-15(2)6-8-16(19,9-7-15)12-18-11-13-4-3-5-14(17)10-13/h3-5,10,18-19H,6-9,11-12H2,1-2H3. The molecular formula is C16H24FNO. The molecule has 0 spiro atoms. The van der Waals surface area contributed by atoms with Gasteiger partial charge in [-0.05, 0) is 48.8 Å². The summed E-state index contributed by atoms with van der Waals surface area (Å²) in [4.78, 5) is 0. The lowest BCUT2D eigenvalue weighted by molar-refractivity contribution is -0.0245. The van der Waals surface area contributed by atoms with Crippen LogP contribution in [0.5, 0.6) is 0 Å². The number of aliphatic hydroxyl groups is 1. The fraction of sp³-hybridized carbons (Fsp3) is 0.625. The minimum atomic E-state index is -0.594. The van der Waals surface area contributed by atoms with Gasteiger partial charge in [-0.25, -0.2) is 4.39 Å². The van der Waals surface area contributed by atoms with Gasteiger partial charge in [-0.3, -0.25) is 0 Å². The van der Waals surface area contributed by atoms with Crippen molar-refractivity contribution in [2.24, 2.45) is 5.41 Å². The molecule has 106 valence electrons. The van der Waals surface area contributed by atoms with E-state index in [2.05, 4.69) is 19.2 Å². The second-order valence-corrected chi connectivity index (χ2v) is 6.62. The number of halogens is 1. The first-order valence-electron chi connectivity index (χ1n) is 7.06. The third kappa shape index (κ3) is 4.29. The molecule has 0 aliphatic heterocycles. The van der Waals surface area contributed by atoms with Gasteiger partial charge in [0.15, 0.2) is 0 Å². The second-order valence-electron chi connectivity index (χ2n) is 6.62. The van der Waals surface area contributed by atoms with Crippen LogP contribution in [-0.2, 0) is 6.54 Å². The molecule has 0 heterocycles. The van der Waals surface area contributed by atoms with Gasteiger partial charge < -0.3 is 10.4 Å². The van der Waals surface area contributed by atoms with Gasteiger partial charge in [0, 0.05) is 13.1 Å². The van der Waals surface area contributed by atoms with Crippen LogP contribution >= 0.6 is 0 Å². The first-order chi connectivity index (χ1) is 8.89. The number of hydrogen-bond donors (Lipinski definition) is 2. The molecule has 0 atom stereocenters. The Bertz CT molecular complexity index is 421. The monoisotopic (exact) mass is 265 g/mol. The van der Waals surface area contributed by atoms with Gasteiger partial charge in [0.05, 0.1) is 5.60 Å². The molecule has 3 heteroatoms. The molecule has 0 radical (unpaired) electrons. The Labute approximate surface area is 115 Å². The van der Waals surface area contributed by atoms with Crippen LogP contribution in [0.15, 0.2) is 24.3 Å². The second kappa shape index (κ2) is 5.59. The van der Waals surface area contributed by atoms with Gasteiger partial charge in [-0.1, -0.05) is 26.0 Å². The topological polar surface area (TPSA) is 32.3 Å². The number of benzene rings is 1. The van der Waals surface area contributed by atoms with Crippen molar-refractivity contribution in [2.45, 2.75) is 51.7 Å². The highest BCUT2D eigenvalue weighted by Gasteiger charge is 2.36. The predicted molar refractivity (Wildman–Crippen MR) is 75.3 cm³/mol. The summed E-state index contributed by atoms with van der Waals surface area (Å²) in [5.41, 5.74) is 0.678. The Hall–Kier alpha value is -0.930. The zero-order valence-corrected chi connectivity index (χ0v) is 11.9. The van der Waals surface area contributed by atoms with Crippen molar-refractivity contribution >= 4 is 0 Å². The van der Waals surface area contributed by atoms with Gasteiger partial charge >= 0.3 is 0 Å². The molecule has 0 aromatic heterocycles. The first-order valence-corrected chi connectivity index (χ1v) is 7.06. The normalized spacial score (nSPS) is 21.3. The van der Waals surface area contributed by atoms with Crippen molar-refractivity contribution in [1.29, 1.82) is 0 Å². The quantitative estimate of drug-likeness (QED) is 0.876. The van der Waals surface area contributed by atoms with Crippen LogP contribution in [0.3, 0.4) is 0 Å². The van der Waals surface area contributed by atoms with E-state index in [4.69, 9.17) is 0 Å². The van der Waals surface area contributed by atoms with E-state index in [9.17, 15) is 9.50 Å². The lowest BCUT2D eigenvalue weighted by Crippen LogP contribution is -2.44. The molecular weight excluding hydrogens is 241 g/mol. The van der Waals surface area contributed by atoms with Crippen molar-refractivity contribution < 1.29 is 9.50 Å². The highest BCUT2D eigenvalue weighted by atomic mass is 19.1. The Morgan fingerprint density at radius 3 is 2.53 bits per heavy atom. The third-order valence-corrected chi connectivity index (χ3v) is 4.21. The Kier molecular flexibility index (Phi) is 4.26. The molecule has 0 amide bonds. The summed E-state index contributed by atoms with van der Waals surface area (Å²) in [6, 6.07) is 6.58. The summed E-state index contributed by atoms with van der Waals surface area (Å²) in [5.74, 6) is -0.211. The number of rotatable bonds is 4. The maximum absolute atomic E-state index is 13.0. The van der Waals surface area contributed by atoms with Crippen molar-refractivity contribution in [1.82, 2.24) is 5.32 Å². The van der Waals surface area contributed by atoms with E-state index in [1.807, 2.05) is 6.07 Å². The Morgan fingerprint density at radius 2 is 1.89 bits per heavy atom. The van der Waals surface area contributed by atoms with Crippen molar-refractivity contribution in [3.8, 4) is 0 Å². The molecule has 2 rings (SSSR count). The van der Waals surface area contributed by atoms with E-state index < -0.39 is 5.60 Å². The summed E-state index contributed by atoms with van der Waals surface area (Å²) in [6.45, 7) is 5.70. The molecule has 1 fully saturated rings. The van der Waals surface area contributed by atoms with Crippen LogP contribution < -0.4 is 5.32 Å². The lowest BCUT2D eigenvalue weighted by Gasteiger charge is -2.40. The molecule has 1 aliphatic rings. The predicted octanol–water partition coefficient (Wildman–Crippen LogP) is 3.25. The average Bonchev–Trinajstić information content (AvgIpc) is 2.34. The summed E-state index contributed by atoms with van der Waals surface area (Å²) in [6.07, 6.45) is 3.81. The number of hydrogen-bond acceptors (Lipinski definition) is 2. The van der Waals surface area contributed by atoms with Crippen LogP contribution in [0.1, 0.15) is 45.1 Å². The van der Waals surface area contributed by atoms with E-state index >= 15 is 0 Å². The largest absolute Gasteiger partial charge is 0.389 e. The molecule has 2 N–H and O–H groups in total. The molecule has 19 heavy (non-hydrogen) atoms. The highest BCUT2D eigenvalue weighted by Crippen LogP contribution is 2.39. The molecule has 0 unspecified atom stereocenters. The maximum Gasteiger partial charge on any atom is 0.123 e. The van der Waals surface area contributed by atoms with E-state index in [0.717, 1.165) is 31.2 Å². The molecule has 1 aromatic carbocycles. The summed E-state index contributed by atoms with van der Waals surface area (Å²) in [7, 11) is 0. The fourth-order valence-electron chi connectivity index (χ4n) is 2.66. The molecule has 1 aliphatic carbocycles. The molecule has 0 saturated heterocycles. The lowest BCUT2D eigenvalue weighted by atomic mass is 9.71. The van der Waals surface area contributed by atoms with Gasteiger partial charge in [-0.2, -0.15) is 0 Å². The molecule has 1 saturated carbocycles. The summed E-state index contributed by atoms with van der Waals surface area (Å²) < 4.78 is 13.0. The van der Waals surface area contributed by atoms with Crippen molar-refractivity contribution in [3.05, 3.63) is 35.6 Å². The van der Waals surface area contributed by atoms with E-state index in [1.54, 1.807) is 6.07 Å². The summed E-state index contributed by atoms with van der Waals surface area (Å²) >= 11 is 0. The van der Waals surface area contributed by atoms with E-state index in [0.29, 0.717) is 18.5 Å². The van der Waals surface area contributed by atoms with Crippen LogP contribution in [0.4, 0.5) is 4.39 Å². The van der Waals surface area contributed by atoms with Gasteiger partial charge in [0.2, 0.25) is 0 Å². The van der Waals surface area contributed by atoms with Crippen LogP contribution in [0, 0.1) is 11.2 Å². The van der Waals surface area contributed by atoms with Crippen LogP contribution in [0.2, 0.25) is 0 Å². The van der Waals surface area contributed by atoms with Gasteiger partial charge in [-0.15, -0.1) is 0 Å². The minimum Gasteiger partial charge on any atom is -0.389 e. The van der Waals surface area contributed by atoms with Gasteiger partial charge in [0.25, 0.3) is 0 Å². The SMILES string of the molecule is CC1(C)CCC(O)(CNCc2cccc(F)c2)CC1. The minimum absolute atomic E-state index is 0.211. The van der Waals surface area contributed by atoms with Crippen LogP contribution in [-0.4, -0.2) is 17.3 Å². The Balaban J connectivity index is 1.79. The fourth-order valence-corrected chi connectivity index (χ4v) is 2.66. The van der Waals surface area contributed by atoms with E-state index in [-0.39, 0.29) is 5.82 Å². The zero-order valence-electron chi connectivity index (χ0n) is 11.9. The molecule has 1 aromatic rings. The average molecular weight is 265 g/mol.